The molecule has 2 aromatic rings. The predicted octanol–water partition coefficient (Wildman–Crippen LogP) is 3.06. The Kier molecular flexibility index (Phi) is 2.36. The number of hydrogen-bond acceptors (Lipinski definition) is 1. The van der Waals surface area contributed by atoms with Crippen LogP contribution in [0.1, 0.15) is 18.4 Å². The van der Waals surface area contributed by atoms with Gasteiger partial charge >= 0.3 is 0 Å². The zero-order valence-corrected chi connectivity index (χ0v) is 9.01. The lowest BCUT2D eigenvalue weighted by Gasteiger charge is -2.04. The Labute approximate surface area is 85.5 Å². The van der Waals surface area contributed by atoms with Gasteiger partial charge in [0.2, 0.25) is 0 Å². The number of hydrogen-bond donors (Lipinski definition) is 1. The SMILES string of the molecule is CC(CBr)c1c[nH]c2ncccc12. The van der Waals surface area contributed by atoms with Crippen LogP contribution >= 0.6 is 15.9 Å². The highest BCUT2D eigenvalue weighted by molar-refractivity contribution is 9.09. The highest BCUT2D eigenvalue weighted by Crippen LogP contribution is 2.24. The molecular weight excluding hydrogens is 228 g/mol. The zero-order chi connectivity index (χ0) is 9.26. The van der Waals surface area contributed by atoms with E-state index in [9.17, 15) is 0 Å². The van der Waals surface area contributed by atoms with Crippen LogP contribution in [0.4, 0.5) is 0 Å². The largest absolute Gasteiger partial charge is 0.346 e. The van der Waals surface area contributed by atoms with E-state index in [-0.39, 0.29) is 0 Å². The zero-order valence-electron chi connectivity index (χ0n) is 7.42. The number of pyridine rings is 1. The molecule has 0 fully saturated rings. The molecule has 0 bridgehead atoms. The van der Waals surface area contributed by atoms with E-state index >= 15 is 0 Å². The van der Waals surface area contributed by atoms with Gasteiger partial charge in [-0.25, -0.2) is 4.98 Å². The first kappa shape index (κ1) is 8.75. The molecule has 0 aliphatic rings. The molecule has 2 heterocycles. The summed E-state index contributed by atoms with van der Waals surface area (Å²) in [6, 6.07) is 4.08. The molecular formula is C10H11BrN2. The molecule has 2 nitrogen and oxygen atoms in total. The number of alkyl halides is 1. The second kappa shape index (κ2) is 3.50. The van der Waals surface area contributed by atoms with Crippen LogP contribution in [-0.2, 0) is 0 Å². The summed E-state index contributed by atoms with van der Waals surface area (Å²) in [5.41, 5.74) is 2.31. The molecule has 0 spiro atoms. The van der Waals surface area contributed by atoms with Crippen molar-refractivity contribution >= 4 is 27.0 Å². The van der Waals surface area contributed by atoms with Gasteiger partial charge in [0.15, 0.2) is 0 Å². The summed E-state index contributed by atoms with van der Waals surface area (Å²) in [6.45, 7) is 2.20. The number of H-pyrrole nitrogens is 1. The maximum atomic E-state index is 4.25. The van der Waals surface area contributed by atoms with E-state index in [1.807, 2.05) is 12.3 Å². The van der Waals surface area contributed by atoms with Crippen LogP contribution < -0.4 is 0 Å². The Balaban J connectivity index is 2.57. The standard InChI is InChI=1S/C10H11BrN2/c1-7(5-11)9-6-13-10-8(9)3-2-4-12-10/h2-4,6-7H,5H2,1H3,(H,12,13). The summed E-state index contributed by atoms with van der Waals surface area (Å²) in [4.78, 5) is 7.42. The van der Waals surface area contributed by atoms with Crippen LogP contribution in [-0.4, -0.2) is 15.3 Å². The molecule has 13 heavy (non-hydrogen) atoms. The second-order valence-corrected chi connectivity index (χ2v) is 3.85. The summed E-state index contributed by atoms with van der Waals surface area (Å²) in [7, 11) is 0. The third kappa shape index (κ3) is 1.48. The summed E-state index contributed by atoms with van der Waals surface area (Å²) < 4.78 is 0. The van der Waals surface area contributed by atoms with Gasteiger partial charge in [0.25, 0.3) is 0 Å². The van der Waals surface area contributed by atoms with Crippen molar-refractivity contribution in [1.29, 1.82) is 0 Å². The number of nitrogens with one attached hydrogen (secondary N) is 1. The molecule has 0 amide bonds. The van der Waals surface area contributed by atoms with Gasteiger partial charge in [-0.1, -0.05) is 22.9 Å². The lowest BCUT2D eigenvalue weighted by atomic mass is 10.0. The number of halogens is 1. The molecule has 0 saturated carbocycles. The fourth-order valence-corrected chi connectivity index (χ4v) is 1.82. The van der Waals surface area contributed by atoms with Crippen molar-refractivity contribution in [2.24, 2.45) is 0 Å². The Morgan fingerprint density at radius 1 is 1.62 bits per heavy atom. The maximum absolute atomic E-state index is 4.25. The quantitative estimate of drug-likeness (QED) is 0.801. The van der Waals surface area contributed by atoms with Crippen molar-refractivity contribution in [2.45, 2.75) is 12.8 Å². The number of aromatic amines is 1. The van der Waals surface area contributed by atoms with Crippen molar-refractivity contribution in [3.63, 3.8) is 0 Å². The molecule has 1 atom stereocenters. The van der Waals surface area contributed by atoms with E-state index in [1.54, 1.807) is 6.20 Å². The number of aromatic nitrogens is 2. The van der Waals surface area contributed by atoms with Gasteiger partial charge in [-0.15, -0.1) is 0 Å². The van der Waals surface area contributed by atoms with Gasteiger partial charge in [0, 0.05) is 23.1 Å². The molecule has 2 aromatic heterocycles. The first-order valence-corrected chi connectivity index (χ1v) is 5.43. The third-order valence-corrected chi connectivity index (χ3v) is 3.22. The summed E-state index contributed by atoms with van der Waals surface area (Å²) in [5, 5.41) is 2.21. The highest BCUT2D eigenvalue weighted by atomic mass is 79.9. The Hall–Kier alpha value is -0.830. The maximum Gasteiger partial charge on any atom is 0.137 e. The molecule has 3 heteroatoms. The van der Waals surface area contributed by atoms with E-state index in [1.165, 1.54) is 10.9 Å². The lowest BCUT2D eigenvalue weighted by Crippen LogP contribution is -1.91. The fraction of sp³-hybridized carbons (Fsp3) is 0.300. The van der Waals surface area contributed by atoms with Gasteiger partial charge in [-0.3, -0.25) is 0 Å². The van der Waals surface area contributed by atoms with Gasteiger partial charge in [0.1, 0.15) is 5.65 Å². The molecule has 0 radical (unpaired) electrons. The van der Waals surface area contributed by atoms with Crippen molar-refractivity contribution in [3.05, 3.63) is 30.1 Å². The van der Waals surface area contributed by atoms with Crippen molar-refractivity contribution < 1.29 is 0 Å². The van der Waals surface area contributed by atoms with E-state index in [4.69, 9.17) is 0 Å². The Morgan fingerprint density at radius 2 is 2.46 bits per heavy atom. The Bertz CT molecular complexity index is 408. The smallest absolute Gasteiger partial charge is 0.137 e. The third-order valence-electron chi connectivity index (χ3n) is 2.25. The van der Waals surface area contributed by atoms with E-state index in [0.717, 1.165) is 11.0 Å². The van der Waals surface area contributed by atoms with Gasteiger partial charge < -0.3 is 4.98 Å². The molecule has 0 aliphatic carbocycles. The van der Waals surface area contributed by atoms with Crippen LogP contribution in [0.2, 0.25) is 0 Å². The molecule has 1 unspecified atom stereocenters. The van der Waals surface area contributed by atoms with Crippen LogP contribution in [0, 0.1) is 0 Å². The average Bonchev–Trinajstić information content (AvgIpc) is 2.60. The molecule has 2 rings (SSSR count). The normalized spacial score (nSPS) is 13.4. The van der Waals surface area contributed by atoms with E-state index < -0.39 is 0 Å². The molecule has 0 aliphatic heterocycles. The molecule has 0 saturated heterocycles. The number of nitrogens with zero attached hydrogens (tertiary/aromatic N) is 1. The fourth-order valence-electron chi connectivity index (χ4n) is 1.47. The first-order valence-electron chi connectivity index (χ1n) is 4.31. The van der Waals surface area contributed by atoms with Crippen molar-refractivity contribution in [2.75, 3.05) is 5.33 Å². The minimum absolute atomic E-state index is 0.526. The van der Waals surface area contributed by atoms with Crippen LogP contribution in [0.3, 0.4) is 0 Å². The van der Waals surface area contributed by atoms with Gasteiger partial charge in [-0.2, -0.15) is 0 Å². The minimum Gasteiger partial charge on any atom is -0.346 e. The highest BCUT2D eigenvalue weighted by Gasteiger charge is 2.09. The van der Waals surface area contributed by atoms with Crippen molar-refractivity contribution in [1.82, 2.24) is 9.97 Å². The van der Waals surface area contributed by atoms with Crippen LogP contribution in [0.15, 0.2) is 24.5 Å². The predicted molar refractivity (Wildman–Crippen MR) is 58.3 cm³/mol. The van der Waals surface area contributed by atoms with Gasteiger partial charge in [0.05, 0.1) is 0 Å². The van der Waals surface area contributed by atoms with Gasteiger partial charge in [-0.05, 0) is 23.6 Å². The van der Waals surface area contributed by atoms with E-state index in [0.29, 0.717) is 5.92 Å². The summed E-state index contributed by atoms with van der Waals surface area (Å²) in [6.07, 6.45) is 3.85. The molecule has 0 aromatic carbocycles. The topological polar surface area (TPSA) is 28.7 Å². The molecule has 68 valence electrons. The molecule has 1 N–H and O–H groups in total. The van der Waals surface area contributed by atoms with Crippen LogP contribution in [0.5, 0.6) is 0 Å². The second-order valence-electron chi connectivity index (χ2n) is 3.20. The summed E-state index contributed by atoms with van der Waals surface area (Å²) in [5.74, 6) is 0.526. The minimum atomic E-state index is 0.526. The monoisotopic (exact) mass is 238 g/mol. The first-order chi connectivity index (χ1) is 6.33. The van der Waals surface area contributed by atoms with Crippen molar-refractivity contribution in [3.8, 4) is 0 Å². The van der Waals surface area contributed by atoms with Crippen LogP contribution in [0.25, 0.3) is 11.0 Å². The average molecular weight is 239 g/mol. The van der Waals surface area contributed by atoms with E-state index in [2.05, 4.69) is 38.9 Å². The number of fused-ring (bicyclic) bond motifs is 1. The Morgan fingerprint density at radius 3 is 3.23 bits per heavy atom. The lowest BCUT2D eigenvalue weighted by molar-refractivity contribution is 0.897. The summed E-state index contributed by atoms with van der Waals surface area (Å²) >= 11 is 3.49. The number of rotatable bonds is 2.